The Morgan fingerprint density at radius 2 is 2.05 bits per heavy atom. The predicted molar refractivity (Wildman–Crippen MR) is 86.4 cm³/mol. The molecule has 118 valence electrons. The number of ether oxygens (including phenoxy) is 1. The van der Waals surface area contributed by atoms with Gasteiger partial charge in [-0.25, -0.2) is 13.1 Å². The van der Waals surface area contributed by atoms with Gasteiger partial charge < -0.3 is 10.1 Å². The molecule has 1 fully saturated rings. The Morgan fingerprint density at radius 3 is 2.67 bits per heavy atom. The molecule has 0 saturated carbocycles. The zero-order chi connectivity index (χ0) is 15.3. The van der Waals surface area contributed by atoms with Crippen molar-refractivity contribution in [3.63, 3.8) is 0 Å². The summed E-state index contributed by atoms with van der Waals surface area (Å²) in [4.78, 5) is 0.298. The van der Waals surface area contributed by atoms with Crippen LogP contribution in [0.4, 0.5) is 0 Å². The quantitative estimate of drug-likeness (QED) is 0.829. The predicted octanol–water partition coefficient (Wildman–Crippen LogP) is 1.59. The standard InChI is InChI=1S/C14H22N2O3S2/c1-15-10-11-9-13(3-4-14(11)19-2)21(17,18)16-12-5-7-20-8-6-12/h3-4,9,12,15-16H,5-8,10H2,1-2H3. The molecule has 1 aliphatic heterocycles. The molecule has 1 aliphatic rings. The smallest absolute Gasteiger partial charge is 0.240 e. The first-order valence-corrected chi connectivity index (χ1v) is 9.62. The number of nitrogens with one attached hydrogen (secondary N) is 2. The highest BCUT2D eigenvalue weighted by atomic mass is 32.2. The average molecular weight is 330 g/mol. The molecule has 0 atom stereocenters. The first-order valence-electron chi connectivity index (χ1n) is 6.98. The van der Waals surface area contributed by atoms with E-state index in [9.17, 15) is 8.42 Å². The summed E-state index contributed by atoms with van der Waals surface area (Å²) in [6.45, 7) is 0.562. The molecule has 0 radical (unpaired) electrons. The maximum Gasteiger partial charge on any atom is 0.240 e. The van der Waals surface area contributed by atoms with E-state index in [1.165, 1.54) is 0 Å². The first kappa shape index (κ1) is 16.6. The highest BCUT2D eigenvalue weighted by Crippen LogP contribution is 2.24. The zero-order valence-electron chi connectivity index (χ0n) is 12.4. The van der Waals surface area contributed by atoms with Crippen LogP contribution >= 0.6 is 11.8 Å². The molecule has 0 bridgehead atoms. The fourth-order valence-corrected chi connectivity index (χ4v) is 4.82. The maximum atomic E-state index is 12.5. The van der Waals surface area contributed by atoms with Crippen LogP contribution in [-0.2, 0) is 16.6 Å². The molecule has 5 nitrogen and oxygen atoms in total. The summed E-state index contributed by atoms with van der Waals surface area (Å²) in [5, 5.41) is 3.02. The normalized spacial score (nSPS) is 16.9. The fourth-order valence-electron chi connectivity index (χ4n) is 2.35. The topological polar surface area (TPSA) is 67.4 Å². The number of benzene rings is 1. The third kappa shape index (κ3) is 4.35. The van der Waals surface area contributed by atoms with Crippen LogP contribution < -0.4 is 14.8 Å². The van der Waals surface area contributed by atoms with Crippen molar-refractivity contribution in [1.29, 1.82) is 0 Å². The third-order valence-corrected chi connectivity index (χ3v) is 6.04. The van der Waals surface area contributed by atoms with Crippen molar-refractivity contribution in [3.8, 4) is 5.75 Å². The average Bonchev–Trinajstić information content (AvgIpc) is 2.48. The van der Waals surface area contributed by atoms with Gasteiger partial charge in [-0.2, -0.15) is 11.8 Å². The van der Waals surface area contributed by atoms with Gasteiger partial charge in [0, 0.05) is 18.2 Å². The largest absolute Gasteiger partial charge is 0.496 e. The van der Waals surface area contributed by atoms with Crippen LogP contribution in [0.15, 0.2) is 23.1 Å². The molecule has 1 aromatic carbocycles. The summed E-state index contributed by atoms with van der Waals surface area (Å²) in [7, 11) is -0.0663. The minimum atomic E-state index is -3.47. The van der Waals surface area contributed by atoms with E-state index in [0.717, 1.165) is 29.9 Å². The van der Waals surface area contributed by atoms with Crippen molar-refractivity contribution >= 4 is 21.8 Å². The zero-order valence-corrected chi connectivity index (χ0v) is 14.0. The van der Waals surface area contributed by atoms with Gasteiger partial charge in [0.2, 0.25) is 10.0 Å². The Kier molecular flexibility index (Phi) is 5.92. The molecule has 1 aromatic rings. The molecule has 0 spiro atoms. The van der Waals surface area contributed by atoms with Crippen LogP contribution in [0.25, 0.3) is 0 Å². The highest BCUT2D eigenvalue weighted by molar-refractivity contribution is 7.99. The number of hydrogen-bond donors (Lipinski definition) is 2. The summed E-state index contributed by atoms with van der Waals surface area (Å²) >= 11 is 1.87. The van der Waals surface area contributed by atoms with Gasteiger partial charge in [-0.3, -0.25) is 0 Å². The van der Waals surface area contributed by atoms with Gasteiger partial charge in [-0.1, -0.05) is 0 Å². The van der Waals surface area contributed by atoms with Crippen LogP contribution in [0.2, 0.25) is 0 Å². The molecule has 1 saturated heterocycles. The van der Waals surface area contributed by atoms with Gasteiger partial charge in [0.1, 0.15) is 5.75 Å². The lowest BCUT2D eigenvalue weighted by Crippen LogP contribution is -2.37. The number of sulfonamides is 1. The van der Waals surface area contributed by atoms with Crippen LogP contribution in [-0.4, -0.2) is 40.1 Å². The fraction of sp³-hybridized carbons (Fsp3) is 0.571. The van der Waals surface area contributed by atoms with Crippen molar-refractivity contribution in [2.45, 2.75) is 30.3 Å². The van der Waals surface area contributed by atoms with E-state index in [1.807, 2.05) is 18.8 Å². The lowest BCUT2D eigenvalue weighted by atomic mass is 10.2. The van der Waals surface area contributed by atoms with Gasteiger partial charge in [-0.15, -0.1) is 0 Å². The number of hydrogen-bond acceptors (Lipinski definition) is 5. The molecule has 0 unspecified atom stereocenters. The Balaban J connectivity index is 2.20. The third-order valence-electron chi connectivity index (χ3n) is 3.47. The second-order valence-corrected chi connectivity index (χ2v) is 7.95. The molecule has 0 amide bonds. The molecule has 2 N–H and O–H groups in total. The molecular formula is C14H22N2O3S2. The van der Waals surface area contributed by atoms with Gasteiger partial charge in [-0.05, 0) is 49.6 Å². The molecule has 21 heavy (non-hydrogen) atoms. The molecule has 0 aliphatic carbocycles. The van der Waals surface area contributed by atoms with Gasteiger partial charge in [0.25, 0.3) is 0 Å². The van der Waals surface area contributed by atoms with E-state index in [2.05, 4.69) is 10.0 Å². The lowest BCUT2D eigenvalue weighted by Gasteiger charge is -2.22. The van der Waals surface area contributed by atoms with Gasteiger partial charge >= 0.3 is 0 Å². The summed E-state index contributed by atoms with van der Waals surface area (Å²) in [5.41, 5.74) is 0.835. The summed E-state index contributed by atoms with van der Waals surface area (Å²) in [6, 6.07) is 5.02. The molecule has 1 heterocycles. The van der Waals surface area contributed by atoms with Crippen molar-refractivity contribution < 1.29 is 13.2 Å². The summed E-state index contributed by atoms with van der Waals surface area (Å²) in [5.74, 6) is 2.72. The second kappa shape index (κ2) is 7.49. The van der Waals surface area contributed by atoms with E-state index in [4.69, 9.17) is 4.74 Å². The minimum absolute atomic E-state index is 0.0473. The Labute approximate surface area is 130 Å². The first-order chi connectivity index (χ1) is 10.1. The molecule has 2 rings (SSSR count). The van der Waals surface area contributed by atoms with Crippen molar-refractivity contribution in [3.05, 3.63) is 23.8 Å². The summed E-state index contributed by atoms with van der Waals surface area (Å²) < 4.78 is 33.0. The lowest BCUT2D eigenvalue weighted by molar-refractivity contribution is 0.408. The van der Waals surface area contributed by atoms with Crippen molar-refractivity contribution in [2.75, 3.05) is 25.7 Å². The van der Waals surface area contributed by atoms with E-state index < -0.39 is 10.0 Å². The maximum absolute atomic E-state index is 12.5. The highest BCUT2D eigenvalue weighted by Gasteiger charge is 2.22. The van der Waals surface area contributed by atoms with Gasteiger partial charge in [0.15, 0.2) is 0 Å². The van der Waals surface area contributed by atoms with Crippen LogP contribution in [0.3, 0.4) is 0 Å². The minimum Gasteiger partial charge on any atom is -0.496 e. The molecule has 0 aromatic heterocycles. The number of rotatable bonds is 6. The number of methoxy groups -OCH3 is 1. The van der Waals surface area contributed by atoms with Crippen molar-refractivity contribution in [2.24, 2.45) is 0 Å². The van der Waals surface area contributed by atoms with E-state index in [0.29, 0.717) is 17.2 Å². The monoisotopic (exact) mass is 330 g/mol. The Morgan fingerprint density at radius 1 is 1.33 bits per heavy atom. The van der Waals surface area contributed by atoms with E-state index in [1.54, 1.807) is 25.3 Å². The van der Waals surface area contributed by atoms with Crippen LogP contribution in [0.5, 0.6) is 5.75 Å². The van der Waals surface area contributed by atoms with Crippen LogP contribution in [0.1, 0.15) is 18.4 Å². The van der Waals surface area contributed by atoms with Crippen molar-refractivity contribution in [1.82, 2.24) is 10.0 Å². The van der Waals surface area contributed by atoms with E-state index in [-0.39, 0.29) is 6.04 Å². The Hall–Kier alpha value is -0.760. The number of thioether (sulfide) groups is 1. The SMILES string of the molecule is CNCc1cc(S(=O)(=O)NC2CCSCC2)ccc1OC. The van der Waals surface area contributed by atoms with Crippen LogP contribution in [0, 0.1) is 0 Å². The Bertz CT molecular complexity index is 570. The van der Waals surface area contributed by atoms with Gasteiger partial charge in [0.05, 0.1) is 12.0 Å². The second-order valence-electron chi connectivity index (χ2n) is 5.01. The summed E-state index contributed by atoms with van der Waals surface area (Å²) in [6.07, 6.45) is 1.78. The molecular weight excluding hydrogens is 308 g/mol. The van der Waals surface area contributed by atoms with E-state index >= 15 is 0 Å². The molecule has 7 heteroatoms.